The maximum atomic E-state index is 5.03. The third-order valence-corrected chi connectivity index (χ3v) is 12.9. The monoisotopic (exact) mass is 754 g/mol. The van der Waals surface area contributed by atoms with Crippen LogP contribution in [0.2, 0.25) is 0 Å². The van der Waals surface area contributed by atoms with Crippen LogP contribution in [0.4, 0.5) is 0 Å². The molecule has 1 aliphatic carbocycles. The lowest BCUT2D eigenvalue weighted by Gasteiger charge is -2.50. The van der Waals surface area contributed by atoms with Gasteiger partial charge in [-0.3, -0.25) is 0 Å². The zero-order valence-electron chi connectivity index (χ0n) is 32.8. The van der Waals surface area contributed by atoms with Crippen molar-refractivity contribution < 1.29 is 0 Å². The summed E-state index contributed by atoms with van der Waals surface area (Å²) in [5.41, 5.74) is 16.1. The maximum Gasteiger partial charge on any atom is 0.164 e. The molecule has 0 bridgehead atoms. The molecule has 0 N–H and O–H groups in total. The Labute approximate surface area is 343 Å². The molecule has 1 spiro atoms. The second-order valence-electron chi connectivity index (χ2n) is 16.3. The number of rotatable bonds is 4. The SMILES string of the molecule is CC1(C)c2ccccc2C2(c3ccccc3-n3c4ccccc4c4cccc2c43)c2cccc(-c3ccc(-c4nc(-c5ccccc5)nc(-c5ccccc5)n4)cc3)c21. The van der Waals surface area contributed by atoms with Gasteiger partial charge >= 0.3 is 0 Å². The quantitative estimate of drug-likeness (QED) is 0.180. The van der Waals surface area contributed by atoms with Gasteiger partial charge in [0, 0.05) is 32.9 Å². The Balaban J connectivity index is 1.09. The molecule has 1 aliphatic heterocycles. The van der Waals surface area contributed by atoms with Crippen molar-refractivity contribution in [3.63, 3.8) is 0 Å². The van der Waals surface area contributed by atoms with Crippen LogP contribution in [-0.4, -0.2) is 19.5 Å². The van der Waals surface area contributed by atoms with Gasteiger partial charge in [-0.25, -0.2) is 15.0 Å². The molecule has 2 aromatic heterocycles. The largest absolute Gasteiger partial charge is 0.309 e. The van der Waals surface area contributed by atoms with Gasteiger partial charge in [-0.1, -0.05) is 196 Å². The lowest BCUT2D eigenvalue weighted by molar-refractivity contribution is 0.558. The van der Waals surface area contributed by atoms with Gasteiger partial charge in [0.05, 0.1) is 22.1 Å². The standard InChI is InChI=1S/C55H38N4/c1-54(2)42-24-10-11-25-43(42)55(44-26-12-14-30-48(44)59-47-29-13-9-21-40(47)41-23-16-28-46(55)50(41)59)45-27-15-22-39(49(45)54)35-31-33-38(34-32-35)53-57-51(36-17-5-3-6-18-36)56-52(58-53)37-19-7-4-8-20-37/h3-34H,1-2H3. The molecule has 2 aliphatic rings. The van der Waals surface area contributed by atoms with E-state index in [-0.39, 0.29) is 5.41 Å². The molecule has 0 saturated heterocycles. The van der Waals surface area contributed by atoms with Gasteiger partial charge < -0.3 is 4.57 Å². The third kappa shape index (κ3) is 4.69. The van der Waals surface area contributed by atoms with Crippen molar-refractivity contribution >= 4 is 21.8 Å². The van der Waals surface area contributed by atoms with Gasteiger partial charge in [0.25, 0.3) is 0 Å². The van der Waals surface area contributed by atoms with E-state index in [4.69, 9.17) is 15.0 Å². The number of para-hydroxylation sites is 3. The van der Waals surface area contributed by atoms with Gasteiger partial charge in [-0.15, -0.1) is 0 Å². The molecule has 12 rings (SSSR count). The zero-order chi connectivity index (χ0) is 39.3. The van der Waals surface area contributed by atoms with E-state index in [1.54, 1.807) is 0 Å². The predicted molar refractivity (Wildman–Crippen MR) is 240 cm³/mol. The average Bonchev–Trinajstić information content (AvgIpc) is 3.65. The van der Waals surface area contributed by atoms with Crippen LogP contribution >= 0.6 is 0 Å². The Morgan fingerprint density at radius 1 is 0.373 bits per heavy atom. The fourth-order valence-electron chi connectivity index (χ4n) is 10.4. The molecule has 59 heavy (non-hydrogen) atoms. The molecule has 278 valence electrons. The molecule has 0 amide bonds. The first kappa shape index (κ1) is 33.7. The van der Waals surface area contributed by atoms with E-state index in [2.05, 4.69) is 152 Å². The van der Waals surface area contributed by atoms with Crippen LogP contribution in [0, 0.1) is 0 Å². The summed E-state index contributed by atoms with van der Waals surface area (Å²) in [7, 11) is 0. The van der Waals surface area contributed by atoms with Crippen molar-refractivity contribution in [1.82, 2.24) is 19.5 Å². The van der Waals surface area contributed by atoms with E-state index in [1.165, 1.54) is 66.4 Å². The summed E-state index contributed by atoms with van der Waals surface area (Å²) in [5, 5.41) is 2.56. The van der Waals surface area contributed by atoms with E-state index in [1.807, 2.05) is 60.7 Å². The lowest BCUT2D eigenvalue weighted by atomic mass is 9.52. The number of aromatic nitrogens is 4. The first-order chi connectivity index (χ1) is 29.0. The Kier molecular flexibility index (Phi) is 7.16. The van der Waals surface area contributed by atoms with Crippen molar-refractivity contribution in [1.29, 1.82) is 0 Å². The van der Waals surface area contributed by atoms with Crippen LogP contribution < -0.4 is 0 Å². The molecule has 10 aromatic rings. The average molecular weight is 755 g/mol. The van der Waals surface area contributed by atoms with Gasteiger partial charge in [0.15, 0.2) is 17.5 Å². The minimum Gasteiger partial charge on any atom is -0.309 e. The molecule has 1 atom stereocenters. The summed E-state index contributed by atoms with van der Waals surface area (Å²) in [5.74, 6) is 1.96. The predicted octanol–water partition coefficient (Wildman–Crippen LogP) is 13.0. The molecule has 0 fully saturated rings. The van der Waals surface area contributed by atoms with Gasteiger partial charge in [0.1, 0.15) is 0 Å². The molecular formula is C55H38N4. The van der Waals surface area contributed by atoms with E-state index in [0.717, 1.165) is 22.3 Å². The van der Waals surface area contributed by atoms with E-state index in [0.29, 0.717) is 17.5 Å². The first-order valence-electron chi connectivity index (χ1n) is 20.4. The molecule has 1 unspecified atom stereocenters. The van der Waals surface area contributed by atoms with Crippen LogP contribution in [0.1, 0.15) is 47.2 Å². The number of hydrogen-bond acceptors (Lipinski definition) is 3. The van der Waals surface area contributed by atoms with Crippen molar-refractivity contribution in [3.8, 4) is 51.0 Å². The highest BCUT2D eigenvalue weighted by atomic mass is 15.0. The number of fused-ring (bicyclic) bond motifs is 11. The minimum atomic E-state index is -0.551. The Morgan fingerprint density at radius 3 is 1.56 bits per heavy atom. The molecule has 0 saturated carbocycles. The summed E-state index contributed by atoms with van der Waals surface area (Å²) >= 11 is 0. The Morgan fingerprint density at radius 2 is 0.864 bits per heavy atom. The van der Waals surface area contributed by atoms with Crippen LogP contribution in [0.15, 0.2) is 194 Å². The molecule has 0 radical (unpaired) electrons. The maximum absolute atomic E-state index is 5.03. The topological polar surface area (TPSA) is 43.6 Å². The van der Waals surface area contributed by atoms with Crippen molar-refractivity contribution in [2.75, 3.05) is 0 Å². The zero-order valence-corrected chi connectivity index (χ0v) is 32.8. The van der Waals surface area contributed by atoms with Crippen molar-refractivity contribution in [2.45, 2.75) is 24.7 Å². The van der Waals surface area contributed by atoms with Crippen LogP contribution in [0.3, 0.4) is 0 Å². The fraction of sp³-hybridized carbons (Fsp3) is 0.0727. The van der Waals surface area contributed by atoms with E-state index >= 15 is 0 Å². The van der Waals surface area contributed by atoms with E-state index < -0.39 is 5.41 Å². The lowest BCUT2D eigenvalue weighted by Crippen LogP contribution is -2.44. The highest BCUT2D eigenvalue weighted by Gasteiger charge is 2.53. The summed E-state index contributed by atoms with van der Waals surface area (Å²) in [4.78, 5) is 15.0. The molecule has 4 heteroatoms. The highest BCUT2D eigenvalue weighted by Crippen LogP contribution is 2.61. The van der Waals surface area contributed by atoms with Gasteiger partial charge in [-0.2, -0.15) is 0 Å². The smallest absolute Gasteiger partial charge is 0.164 e. The number of hydrogen-bond donors (Lipinski definition) is 0. The Bertz CT molecular complexity index is 3230. The fourth-order valence-corrected chi connectivity index (χ4v) is 10.4. The van der Waals surface area contributed by atoms with Gasteiger partial charge in [0.2, 0.25) is 0 Å². The molecule has 3 heterocycles. The summed E-state index contributed by atoms with van der Waals surface area (Å²) < 4.78 is 2.51. The minimum absolute atomic E-state index is 0.303. The number of benzene rings is 8. The van der Waals surface area contributed by atoms with Crippen LogP contribution in [-0.2, 0) is 10.8 Å². The normalized spacial score (nSPS) is 15.8. The molecule has 8 aromatic carbocycles. The van der Waals surface area contributed by atoms with E-state index in [9.17, 15) is 0 Å². The molecular weight excluding hydrogens is 717 g/mol. The van der Waals surface area contributed by atoms with Crippen LogP contribution in [0.5, 0.6) is 0 Å². The second-order valence-corrected chi connectivity index (χ2v) is 16.3. The van der Waals surface area contributed by atoms with Gasteiger partial charge in [-0.05, 0) is 56.6 Å². The van der Waals surface area contributed by atoms with Crippen molar-refractivity contribution in [3.05, 3.63) is 228 Å². The third-order valence-electron chi connectivity index (χ3n) is 12.9. The number of nitrogens with zero attached hydrogens (tertiary/aromatic N) is 4. The second kappa shape index (κ2) is 12.5. The highest BCUT2D eigenvalue weighted by molar-refractivity contribution is 6.12. The molecule has 4 nitrogen and oxygen atoms in total. The first-order valence-corrected chi connectivity index (χ1v) is 20.4. The van der Waals surface area contributed by atoms with Crippen LogP contribution in [0.25, 0.3) is 72.8 Å². The Hall–Kier alpha value is -7.43. The summed E-state index contributed by atoms with van der Waals surface area (Å²) in [6.07, 6.45) is 0. The summed E-state index contributed by atoms with van der Waals surface area (Å²) in [6.45, 7) is 4.81. The summed E-state index contributed by atoms with van der Waals surface area (Å²) in [6, 6.07) is 70.2. The van der Waals surface area contributed by atoms with Crippen molar-refractivity contribution in [2.24, 2.45) is 0 Å².